The number of nitriles is 1. The van der Waals surface area contributed by atoms with Crippen molar-refractivity contribution in [2.45, 2.75) is 51.2 Å². The van der Waals surface area contributed by atoms with Gasteiger partial charge in [-0.15, -0.1) is 0 Å². The van der Waals surface area contributed by atoms with E-state index in [4.69, 9.17) is 10.5 Å². The third-order valence-corrected chi connectivity index (χ3v) is 5.95. The number of primary amides is 1. The molecule has 3 aromatic rings. The van der Waals surface area contributed by atoms with E-state index >= 15 is 0 Å². The van der Waals surface area contributed by atoms with Gasteiger partial charge in [0.25, 0.3) is 18.3 Å². The number of piperidine rings is 1. The van der Waals surface area contributed by atoms with Crippen LogP contribution in [0.3, 0.4) is 0 Å². The Morgan fingerprint density at radius 3 is 2.58 bits per heavy atom. The predicted octanol–water partition coefficient (Wildman–Crippen LogP) is 4.66. The number of carbonyl (C=O) groups is 2. The molecule has 3 heterocycles. The number of hydrogen-bond acceptors (Lipinski definition) is 8. The van der Waals surface area contributed by atoms with Crippen LogP contribution < -0.4 is 11.1 Å². The molecule has 0 radical (unpaired) electrons. The molecule has 1 atom stereocenters. The largest absolute Gasteiger partial charge is 0.444 e. The molecule has 1 fully saturated rings. The van der Waals surface area contributed by atoms with Gasteiger partial charge >= 0.3 is 6.09 Å². The molecule has 0 unspecified atom stereocenters. The van der Waals surface area contributed by atoms with Gasteiger partial charge in [-0.3, -0.25) is 4.79 Å². The van der Waals surface area contributed by atoms with Crippen molar-refractivity contribution in [1.82, 2.24) is 19.9 Å². The van der Waals surface area contributed by atoms with Crippen molar-refractivity contribution in [3.63, 3.8) is 0 Å². The highest BCUT2D eigenvalue weighted by molar-refractivity contribution is 6.07. The van der Waals surface area contributed by atoms with Crippen LogP contribution in [-0.4, -0.2) is 62.5 Å². The van der Waals surface area contributed by atoms with E-state index in [2.05, 4.69) is 20.3 Å². The van der Waals surface area contributed by atoms with Crippen LogP contribution in [0.2, 0.25) is 0 Å². The fourth-order valence-electron chi connectivity index (χ4n) is 4.34. The first-order chi connectivity index (χ1) is 18.7. The molecule has 2 amide bonds. The fourth-order valence-corrected chi connectivity index (χ4v) is 4.34. The van der Waals surface area contributed by atoms with Gasteiger partial charge in [0, 0.05) is 24.1 Å². The number of ether oxygens (including phenoxy) is 1. The highest BCUT2D eigenvalue weighted by Gasteiger charge is 2.43. The van der Waals surface area contributed by atoms with Gasteiger partial charge in [0.15, 0.2) is 5.82 Å². The molecule has 14 heteroatoms. The molecule has 0 aliphatic carbocycles. The van der Waals surface area contributed by atoms with Crippen molar-refractivity contribution in [1.29, 1.82) is 5.26 Å². The number of nitrogens with two attached hydrogens (primary N) is 1. The number of benzene rings is 1. The number of rotatable bonds is 5. The molecule has 0 spiro atoms. The summed E-state index contributed by atoms with van der Waals surface area (Å²) in [5.74, 6) is -4.19. The molecule has 1 aliphatic rings. The van der Waals surface area contributed by atoms with Crippen molar-refractivity contribution in [2.75, 3.05) is 18.4 Å². The lowest BCUT2D eigenvalue weighted by atomic mass is 9.99. The summed E-state index contributed by atoms with van der Waals surface area (Å²) in [6, 6.07) is 5.48. The Labute approximate surface area is 226 Å². The number of halogens is 4. The van der Waals surface area contributed by atoms with E-state index < -0.39 is 49.0 Å². The molecule has 210 valence electrons. The quantitative estimate of drug-likeness (QED) is 0.429. The van der Waals surface area contributed by atoms with E-state index in [9.17, 15) is 32.4 Å². The normalized spacial score (nSPS) is 17.0. The van der Waals surface area contributed by atoms with Crippen LogP contribution in [0.4, 0.5) is 28.2 Å². The smallest absolute Gasteiger partial charge is 0.410 e. The number of pyridine rings is 1. The second-order valence-electron chi connectivity index (χ2n) is 10.3. The minimum Gasteiger partial charge on any atom is -0.444 e. The second kappa shape index (κ2) is 10.6. The van der Waals surface area contributed by atoms with E-state index in [0.717, 1.165) is 23.4 Å². The zero-order valence-electron chi connectivity index (χ0n) is 21.7. The first-order valence-corrected chi connectivity index (χ1v) is 12.1. The number of anilines is 1. The Bertz CT molecular complexity index is 1520. The number of carbonyl (C=O) groups excluding carboxylic acids is 2. The number of amides is 2. The van der Waals surface area contributed by atoms with E-state index in [0.29, 0.717) is 0 Å². The SMILES string of the molecule is CC(C)(C)OC(=O)N1C[C@@H](Nc2ncnc3c(C(N)=O)cc(-c4ccc(C(F)F)cc4C#N)nc23)CC(F)(F)C1. The van der Waals surface area contributed by atoms with Gasteiger partial charge in [-0.25, -0.2) is 37.3 Å². The van der Waals surface area contributed by atoms with E-state index in [1.165, 1.54) is 12.1 Å². The maximum atomic E-state index is 14.7. The van der Waals surface area contributed by atoms with Crippen LogP contribution >= 0.6 is 0 Å². The lowest BCUT2D eigenvalue weighted by molar-refractivity contribution is -0.0722. The lowest BCUT2D eigenvalue weighted by Crippen LogP contribution is -2.54. The number of nitrogens with one attached hydrogen (secondary N) is 1. The molecule has 10 nitrogen and oxygen atoms in total. The summed E-state index contributed by atoms with van der Waals surface area (Å²) in [7, 11) is 0. The Morgan fingerprint density at radius 2 is 1.95 bits per heavy atom. The highest BCUT2D eigenvalue weighted by Crippen LogP contribution is 2.33. The summed E-state index contributed by atoms with van der Waals surface area (Å²) in [5, 5.41) is 12.4. The summed E-state index contributed by atoms with van der Waals surface area (Å²) in [4.78, 5) is 38.4. The minimum atomic E-state index is -3.25. The van der Waals surface area contributed by atoms with Gasteiger partial charge in [-0.2, -0.15) is 5.26 Å². The molecule has 1 aliphatic heterocycles. The zero-order valence-corrected chi connectivity index (χ0v) is 21.7. The number of likely N-dealkylation sites (tertiary alicyclic amines) is 1. The van der Waals surface area contributed by atoms with Gasteiger partial charge in [0.05, 0.1) is 35.5 Å². The van der Waals surface area contributed by atoms with Crippen LogP contribution in [0.25, 0.3) is 22.3 Å². The van der Waals surface area contributed by atoms with Gasteiger partial charge in [0.2, 0.25) is 0 Å². The molecule has 4 rings (SSSR count). The van der Waals surface area contributed by atoms with Crippen molar-refractivity contribution in [3.8, 4) is 17.3 Å². The Hall–Kier alpha value is -4.54. The van der Waals surface area contributed by atoms with Crippen molar-refractivity contribution >= 4 is 28.9 Å². The predicted molar refractivity (Wildman–Crippen MR) is 136 cm³/mol. The van der Waals surface area contributed by atoms with Crippen LogP contribution in [0.15, 0.2) is 30.6 Å². The lowest BCUT2D eigenvalue weighted by Gasteiger charge is -2.38. The van der Waals surface area contributed by atoms with Crippen LogP contribution in [0.5, 0.6) is 0 Å². The number of aromatic nitrogens is 3. The second-order valence-corrected chi connectivity index (χ2v) is 10.3. The Balaban J connectivity index is 1.77. The van der Waals surface area contributed by atoms with Gasteiger partial charge in [-0.05, 0) is 32.9 Å². The summed E-state index contributed by atoms with van der Waals surface area (Å²) in [5.41, 5.74) is 4.17. The van der Waals surface area contributed by atoms with E-state index in [-0.39, 0.29) is 51.3 Å². The molecule has 40 heavy (non-hydrogen) atoms. The average Bonchev–Trinajstić information content (AvgIpc) is 2.85. The van der Waals surface area contributed by atoms with Crippen molar-refractivity contribution in [3.05, 3.63) is 47.3 Å². The third-order valence-electron chi connectivity index (χ3n) is 5.95. The van der Waals surface area contributed by atoms with Crippen LogP contribution in [0.1, 0.15) is 55.1 Å². The molecule has 2 aromatic heterocycles. The van der Waals surface area contributed by atoms with Gasteiger partial charge < -0.3 is 20.7 Å². The van der Waals surface area contributed by atoms with Gasteiger partial charge in [0.1, 0.15) is 23.0 Å². The monoisotopic (exact) mass is 559 g/mol. The van der Waals surface area contributed by atoms with E-state index in [1.807, 2.05) is 6.07 Å². The summed E-state index contributed by atoms with van der Waals surface area (Å²) in [6.07, 6.45) is -3.28. The van der Waals surface area contributed by atoms with Crippen LogP contribution in [0, 0.1) is 11.3 Å². The van der Waals surface area contributed by atoms with Crippen LogP contribution in [-0.2, 0) is 4.74 Å². The third kappa shape index (κ3) is 6.19. The molecule has 3 N–H and O–H groups in total. The van der Waals surface area contributed by atoms with E-state index in [1.54, 1.807) is 20.8 Å². The molecular weight excluding hydrogens is 534 g/mol. The van der Waals surface area contributed by atoms with Gasteiger partial charge in [-0.1, -0.05) is 12.1 Å². The Morgan fingerprint density at radius 1 is 1.23 bits per heavy atom. The molecule has 1 saturated heterocycles. The first kappa shape index (κ1) is 28.5. The summed E-state index contributed by atoms with van der Waals surface area (Å²) >= 11 is 0. The number of alkyl halides is 4. The zero-order chi connectivity index (χ0) is 29.4. The Kier molecular flexibility index (Phi) is 7.51. The number of nitrogens with zero attached hydrogens (tertiary/aromatic N) is 5. The fraction of sp³-hybridized carbons (Fsp3) is 0.385. The minimum absolute atomic E-state index is 0.00280. The maximum Gasteiger partial charge on any atom is 0.410 e. The first-order valence-electron chi connectivity index (χ1n) is 12.1. The maximum absolute atomic E-state index is 14.7. The van der Waals surface area contributed by atoms with Crippen molar-refractivity contribution < 1.29 is 31.9 Å². The summed E-state index contributed by atoms with van der Waals surface area (Å²) < 4.78 is 60.9. The molecular formula is C26H25F4N7O3. The summed E-state index contributed by atoms with van der Waals surface area (Å²) in [6.45, 7) is 3.88. The highest BCUT2D eigenvalue weighted by atomic mass is 19.3. The van der Waals surface area contributed by atoms with Crippen molar-refractivity contribution in [2.24, 2.45) is 5.73 Å². The number of hydrogen-bond donors (Lipinski definition) is 2. The molecule has 1 aromatic carbocycles. The molecule has 0 bridgehead atoms. The average molecular weight is 560 g/mol. The standard InChI is InChI=1S/C26H25F4N7O3/c1-25(2,3)40-24(39)37-10-15(8-26(29,30)11-37)35-23-20-19(33-12-34-23)17(22(32)38)7-18(36-20)16-5-4-13(21(27)28)6-14(16)9-31/h4-7,12,15,21H,8,10-11H2,1-3H3,(H2,32,38)(H,33,34,35)/t15-/m0/s1. The molecule has 0 saturated carbocycles. The topological polar surface area (TPSA) is 147 Å². The number of fused-ring (bicyclic) bond motifs is 1.